The zero-order chi connectivity index (χ0) is 13.5. The highest BCUT2D eigenvalue weighted by Crippen LogP contribution is 2.20. The molecule has 0 aliphatic heterocycles. The molecule has 1 aromatic carbocycles. The molecule has 0 heterocycles. The second-order valence-electron chi connectivity index (χ2n) is 4.36. The second kappa shape index (κ2) is 6.86. The molecule has 0 saturated heterocycles. The first-order valence-corrected chi connectivity index (χ1v) is 6.02. The summed E-state index contributed by atoms with van der Waals surface area (Å²) in [4.78, 5) is 13.3. The van der Waals surface area contributed by atoms with E-state index >= 15 is 0 Å². The molecule has 1 rings (SSSR count). The number of aliphatic hydroxyl groups excluding tert-OH is 1. The molecule has 0 saturated carbocycles. The number of unbranched alkanes of at least 4 members (excludes halogenated alkanes) is 1. The fourth-order valence-electron chi connectivity index (χ4n) is 1.56. The van der Waals surface area contributed by atoms with Crippen molar-refractivity contribution in [3.8, 4) is 0 Å². The molecular formula is C13H21N3O2. The summed E-state index contributed by atoms with van der Waals surface area (Å²) in [7, 11) is 3.43. The number of hydrogen-bond acceptors (Lipinski definition) is 4. The van der Waals surface area contributed by atoms with Crippen LogP contribution in [0, 0.1) is 0 Å². The predicted octanol–water partition coefficient (Wildman–Crippen LogP) is 1.15. The van der Waals surface area contributed by atoms with Crippen LogP contribution in [0.1, 0.15) is 23.2 Å². The van der Waals surface area contributed by atoms with Gasteiger partial charge in [0.1, 0.15) is 0 Å². The maximum absolute atomic E-state index is 11.8. The van der Waals surface area contributed by atoms with Gasteiger partial charge in [-0.2, -0.15) is 0 Å². The van der Waals surface area contributed by atoms with E-state index in [9.17, 15) is 4.79 Å². The molecular weight excluding hydrogens is 230 g/mol. The third-order valence-electron chi connectivity index (χ3n) is 2.61. The molecule has 0 atom stereocenters. The van der Waals surface area contributed by atoms with Crippen molar-refractivity contribution in [2.75, 3.05) is 38.3 Å². The number of hydrogen-bond donors (Lipinski definition) is 3. The number of nitrogens with one attached hydrogen (secondary N) is 1. The van der Waals surface area contributed by atoms with E-state index in [0.29, 0.717) is 11.3 Å². The smallest absolute Gasteiger partial charge is 0.253 e. The van der Waals surface area contributed by atoms with Crippen molar-refractivity contribution in [3.05, 3.63) is 23.8 Å². The van der Waals surface area contributed by atoms with Crippen LogP contribution in [0.15, 0.2) is 18.2 Å². The summed E-state index contributed by atoms with van der Waals surface area (Å²) in [5.41, 5.74) is 7.84. The van der Waals surface area contributed by atoms with Gasteiger partial charge in [-0.1, -0.05) is 0 Å². The number of carbonyl (C=O) groups excluding carboxylic acids is 1. The Labute approximate surface area is 108 Å². The number of nitrogens with two attached hydrogens (primary N) is 1. The first-order chi connectivity index (χ1) is 8.56. The topological polar surface area (TPSA) is 78.6 Å². The first-order valence-electron chi connectivity index (χ1n) is 6.02. The lowest BCUT2D eigenvalue weighted by molar-refractivity contribution is 0.0827. The fourth-order valence-corrected chi connectivity index (χ4v) is 1.56. The third-order valence-corrected chi connectivity index (χ3v) is 2.61. The number of rotatable bonds is 6. The van der Waals surface area contributed by atoms with Gasteiger partial charge >= 0.3 is 0 Å². The molecule has 0 bridgehead atoms. The minimum absolute atomic E-state index is 0.0478. The molecule has 0 aromatic heterocycles. The minimum Gasteiger partial charge on any atom is -0.397 e. The Kier molecular flexibility index (Phi) is 5.45. The molecule has 18 heavy (non-hydrogen) atoms. The van der Waals surface area contributed by atoms with Crippen LogP contribution in [0.5, 0.6) is 0 Å². The summed E-state index contributed by atoms with van der Waals surface area (Å²) < 4.78 is 0. The maximum Gasteiger partial charge on any atom is 0.253 e. The summed E-state index contributed by atoms with van der Waals surface area (Å²) in [5.74, 6) is -0.0478. The molecule has 0 aliphatic rings. The van der Waals surface area contributed by atoms with Gasteiger partial charge in [0.25, 0.3) is 5.91 Å². The van der Waals surface area contributed by atoms with E-state index in [2.05, 4.69) is 5.32 Å². The van der Waals surface area contributed by atoms with Crippen LogP contribution in [0.3, 0.4) is 0 Å². The molecule has 0 unspecified atom stereocenters. The monoisotopic (exact) mass is 251 g/mol. The highest BCUT2D eigenvalue weighted by Gasteiger charge is 2.09. The average Bonchev–Trinajstić information content (AvgIpc) is 2.35. The van der Waals surface area contributed by atoms with Gasteiger partial charge < -0.3 is 21.1 Å². The highest BCUT2D eigenvalue weighted by atomic mass is 16.2. The van der Waals surface area contributed by atoms with Crippen LogP contribution in [0.4, 0.5) is 11.4 Å². The number of anilines is 2. The van der Waals surface area contributed by atoms with Gasteiger partial charge in [-0.05, 0) is 31.0 Å². The van der Waals surface area contributed by atoms with Crippen molar-refractivity contribution >= 4 is 17.3 Å². The lowest BCUT2D eigenvalue weighted by atomic mass is 10.1. The van der Waals surface area contributed by atoms with E-state index < -0.39 is 0 Å². The Morgan fingerprint density at radius 1 is 1.39 bits per heavy atom. The van der Waals surface area contributed by atoms with Gasteiger partial charge in [0.15, 0.2) is 0 Å². The largest absolute Gasteiger partial charge is 0.397 e. The van der Waals surface area contributed by atoms with Gasteiger partial charge in [0.05, 0.1) is 11.4 Å². The van der Waals surface area contributed by atoms with Crippen molar-refractivity contribution in [2.45, 2.75) is 12.8 Å². The summed E-state index contributed by atoms with van der Waals surface area (Å²) in [6.45, 7) is 0.917. The molecule has 5 heteroatoms. The number of benzene rings is 1. The van der Waals surface area contributed by atoms with E-state index in [1.54, 1.807) is 32.3 Å². The van der Waals surface area contributed by atoms with Gasteiger partial charge in [-0.15, -0.1) is 0 Å². The van der Waals surface area contributed by atoms with Crippen molar-refractivity contribution in [1.29, 1.82) is 0 Å². The summed E-state index contributed by atoms with van der Waals surface area (Å²) >= 11 is 0. The summed E-state index contributed by atoms with van der Waals surface area (Å²) in [6.07, 6.45) is 1.62. The van der Waals surface area contributed by atoms with Crippen molar-refractivity contribution in [2.24, 2.45) is 0 Å². The zero-order valence-corrected chi connectivity index (χ0v) is 10.9. The Hall–Kier alpha value is -1.75. The normalized spacial score (nSPS) is 10.2. The van der Waals surface area contributed by atoms with E-state index in [4.69, 9.17) is 10.8 Å². The third kappa shape index (κ3) is 3.92. The van der Waals surface area contributed by atoms with E-state index in [1.165, 1.54) is 4.90 Å². The molecule has 0 aliphatic carbocycles. The van der Waals surface area contributed by atoms with E-state index in [-0.39, 0.29) is 12.5 Å². The van der Waals surface area contributed by atoms with Crippen molar-refractivity contribution in [1.82, 2.24) is 4.90 Å². The van der Waals surface area contributed by atoms with Crippen molar-refractivity contribution < 1.29 is 9.90 Å². The number of amides is 1. The molecule has 100 valence electrons. The molecule has 0 fully saturated rings. The van der Waals surface area contributed by atoms with Crippen LogP contribution in [-0.2, 0) is 0 Å². The molecule has 4 N–H and O–H groups in total. The van der Waals surface area contributed by atoms with Crippen LogP contribution < -0.4 is 11.1 Å². The van der Waals surface area contributed by atoms with Crippen LogP contribution >= 0.6 is 0 Å². The first kappa shape index (κ1) is 14.3. The van der Waals surface area contributed by atoms with Crippen molar-refractivity contribution in [3.63, 3.8) is 0 Å². The quantitative estimate of drug-likeness (QED) is 0.523. The Morgan fingerprint density at radius 3 is 2.72 bits per heavy atom. The number of nitrogens with zero attached hydrogens (tertiary/aromatic N) is 1. The number of nitrogen functional groups attached to an aromatic ring is 1. The van der Waals surface area contributed by atoms with Gasteiger partial charge in [-0.3, -0.25) is 4.79 Å². The van der Waals surface area contributed by atoms with E-state index in [1.807, 2.05) is 0 Å². The Bertz CT molecular complexity index is 405. The minimum atomic E-state index is -0.0478. The van der Waals surface area contributed by atoms with E-state index in [0.717, 1.165) is 25.1 Å². The second-order valence-corrected chi connectivity index (χ2v) is 4.36. The predicted molar refractivity (Wildman–Crippen MR) is 73.7 cm³/mol. The van der Waals surface area contributed by atoms with Gasteiger partial charge in [0, 0.05) is 32.8 Å². The Morgan fingerprint density at radius 2 is 2.11 bits per heavy atom. The summed E-state index contributed by atoms with van der Waals surface area (Å²) in [6, 6.07) is 5.21. The van der Waals surface area contributed by atoms with Crippen LogP contribution in [-0.4, -0.2) is 43.2 Å². The van der Waals surface area contributed by atoms with Crippen LogP contribution in [0.25, 0.3) is 0 Å². The number of aliphatic hydroxyl groups is 1. The highest BCUT2D eigenvalue weighted by molar-refractivity contribution is 5.95. The average molecular weight is 251 g/mol. The fraction of sp³-hybridized carbons (Fsp3) is 0.462. The van der Waals surface area contributed by atoms with Gasteiger partial charge in [0.2, 0.25) is 0 Å². The lowest BCUT2D eigenvalue weighted by Crippen LogP contribution is -2.21. The zero-order valence-electron chi connectivity index (χ0n) is 10.9. The molecule has 1 amide bonds. The SMILES string of the molecule is CN(C)C(=O)c1ccc(N)c(NCCCCO)c1. The van der Waals surface area contributed by atoms with Crippen LogP contribution in [0.2, 0.25) is 0 Å². The summed E-state index contributed by atoms with van der Waals surface area (Å²) in [5, 5.41) is 11.9. The molecule has 5 nitrogen and oxygen atoms in total. The standard InChI is InChI=1S/C13H21N3O2/c1-16(2)13(18)10-5-6-11(14)12(9-10)15-7-3-4-8-17/h5-6,9,15,17H,3-4,7-8,14H2,1-2H3. The number of carbonyl (C=O) groups is 1. The Balaban J connectivity index is 2.72. The lowest BCUT2D eigenvalue weighted by Gasteiger charge is -2.13. The maximum atomic E-state index is 11.8. The molecule has 0 spiro atoms. The van der Waals surface area contributed by atoms with Gasteiger partial charge in [-0.25, -0.2) is 0 Å². The molecule has 0 radical (unpaired) electrons. The molecule has 1 aromatic rings.